The van der Waals surface area contributed by atoms with Gasteiger partial charge in [-0.2, -0.15) is 0 Å². The zero-order valence-corrected chi connectivity index (χ0v) is 17.0. The Morgan fingerprint density at radius 2 is 0.833 bits per heavy atom. The lowest BCUT2D eigenvalue weighted by molar-refractivity contribution is -0.120. The summed E-state index contributed by atoms with van der Waals surface area (Å²) < 4.78 is 0. The highest BCUT2D eigenvalue weighted by Gasteiger charge is 2.13. The van der Waals surface area contributed by atoms with Crippen molar-refractivity contribution in [2.45, 2.75) is 31.7 Å². The first-order chi connectivity index (χ1) is 14.7. The molecule has 1 saturated carbocycles. The number of fused-ring (bicyclic) bond motifs is 4. The van der Waals surface area contributed by atoms with Crippen LogP contribution in [0.4, 0.5) is 0 Å². The lowest BCUT2D eigenvalue weighted by Gasteiger charge is -2.14. The Morgan fingerprint density at radius 1 is 0.533 bits per heavy atom. The quantitative estimate of drug-likeness (QED) is 0.296. The third-order valence-corrected chi connectivity index (χ3v) is 6.11. The smallest absolute Gasteiger partial charge is 0.133 e. The van der Waals surface area contributed by atoms with Gasteiger partial charge in [-0.3, -0.25) is 4.79 Å². The number of benzene rings is 5. The summed E-state index contributed by atoms with van der Waals surface area (Å²) in [6, 6.07) is 31.2. The number of nitrogens with two attached hydrogens (primary N) is 1. The van der Waals surface area contributed by atoms with E-state index < -0.39 is 0 Å². The molecule has 6 rings (SSSR count). The average Bonchev–Trinajstić information content (AvgIpc) is 2.77. The normalized spacial score (nSPS) is 14.9. The molecule has 0 unspecified atom stereocenters. The van der Waals surface area contributed by atoms with Crippen LogP contribution in [0.15, 0.2) is 84.9 Å². The summed E-state index contributed by atoms with van der Waals surface area (Å²) in [4.78, 5) is 10.6. The number of hydrogen-bond donors (Lipinski definition) is 1. The lowest BCUT2D eigenvalue weighted by Crippen LogP contribution is -2.26. The maximum absolute atomic E-state index is 10.6. The highest BCUT2D eigenvalue weighted by atomic mass is 16.1. The highest BCUT2D eigenvalue weighted by Crippen LogP contribution is 2.30. The van der Waals surface area contributed by atoms with Gasteiger partial charge in [0.05, 0.1) is 0 Å². The van der Waals surface area contributed by atoms with Gasteiger partial charge in [0.1, 0.15) is 5.78 Å². The summed E-state index contributed by atoms with van der Waals surface area (Å²) in [7, 11) is 0. The number of ketones is 1. The summed E-state index contributed by atoms with van der Waals surface area (Å²) in [5.41, 5.74) is 5.54. The van der Waals surface area contributed by atoms with E-state index in [2.05, 4.69) is 84.9 Å². The number of rotatable bonds is 0. The predicted molar refractivity (Wildman–Crippen MR) is 128 cm³/mol. The molecular formula is C28H25NO. The fraction of sp³-hybridized carbons (Fsp3) is 0.179. The molecule has 0 bridgehead atoms. The second-order valence-electron chi connectivity index (χ2n) is 8.32. The monoisotopic (exact) mass is 391 g/mol. The van der Waals surface area contributed by atoms with Crippen LogP contribution in [-0.2, 0) is 4.79 Å². The zero-order valence-electron chi connectivity index (χ0n) is 17.0. The Morgan fingerprint density at radius 3 is 1.13 bits per heavy atom. The van der Waals surface area contributed by atoms with E-state index in [0.717, 1.165) is 12.8 Å². The van der Waals surface area contributed by atoms with Crippen molar-refractivity contribution in [1.29, 1.82) is 0 Å². The average molecular weight is 392 g/mol. The van der Waals surface area contributed by atoms with Gasteiger partial charge in [0.15, 0.2) is 0 Å². The second-order valence-corrected chi connectivity index (χ2v) is 8.32. The van der Waals surface area contributed by atoms with Crippen molar-refractivity contribution >= 4 is 48.9 Å². The lowest BCUT2D eigenvalue weighted by atomic mass is 9.95. The number of carbonyl (C=O) groups excluding carboxylic acids is 1. The van der Waals surface area contributed by atoms with E-state index in [-0.39, 0.29) is 0 Å². The van der Waals surface area contributed by atoms with Crippen LogP contribution in [0.5, 0.6) is 0 Å². The first kappa shape index (κ1) is 18.8. The van der Waals surface area contributed by atoms with Crippen molar-refractivity contribution < 1.29 is 4.79 Å². The Hall–Kier alpha value is -3.23. The van der Waals surface area contributed by atoms with E-state index in [0.29, 0.717) is 24.7 Å². The van der Waals surface area contributed by atoms with Gasteiger partial charge < -0.3 is 5.73 Å². The van der Waals surface area contributed by atoms with Crippen molar-refractivity contribution in [3.63, 3.8) is 0 Å². The molecule has 0 atom stereocenters. The molecular weight excluding hydrogens is 366 g/mol. The first-order valence-electron chi connectivity index (χ1n) is 10.7. The fourth-order valence-corrected chi connectivity index (χ4v) is 4.35. The minimum absolute atomic E-state index is 0.299. The summed E-state index contributed by atoms with van der Waals surface area (Å²) in [6.07, 6.45) is 3.22. The molecule has 0 saturated heterocycles. The van der Waals surface area contributed by atoms with Crippen LogP contribution in [0, 0.1) is 0 Å². The maximum Gasteiger partial charge on any atom is 0.133 e. The van der Waals surface area contributed by atoms with Gasteiger partial charge in [0, 0.05) is 18.9 Å². The van der Waals surface area contributed by atoms with Crippen LogP contribution in [0.3, 0.4) is 0 Å². The van der Waals surface area contributed by atoms with Gasteiger partial charge in [-0.15, -0.1) is 0 Å². The van der Waals surface area contributed by atoms with Gasteiger partial charge >= 0.3 is 0 Å². The molecule has 2 nitrogen and oxygen atoms in total. The van der Waals surface area contributed by atoms with Gasteiger partial charge in [-0.05, 0) is 92.3 Å². The topological polar surface area (TPSA) is 43.1 Å². The molecule has 5 aromatic rings. The van der Waals surface area contributed by atoms with Crippen LogP contribution in [-0.4, -0.2) is 11.8 Å². The van der Waals surface area contributed by atoms with E-state index in [4.69, 9.17) is 5.73 Å². The maximum atomic E-state index is 10.6. The Labute approximate surface area is 176 Å². The van der Waals surface area contributed by atoms with Crippen molar-refractivity contribution in [3.05, 3.63) is 84.9 Å². The molecule has 0 amide bonds. The molecule has 2 N–H and O–H groups in total. The van der Waals surface area contributed by atoms with Crippen molar-refractivity contribution in [2.75, 3.05) is 0 Å². The Balaban J connectivity index is 0.000000205. The number of carbonyl (C=O) groups is 1. The van der Waals surface area contributed by atoms with E-state index in [1.165, 1.54) is 43.1 Å². The molecule has 1 fully saturated rings. The van der Waals surface area contributed by atoms with E-state index >= 15 is 0 Å². The molecule has 5 aromatic carbocycles. The molecule has 30 heavy (non-hydrogen) atoms. The van der Waals surface area contributed by atoms with Crippen LogP contribution in [0.25, 0.3) is 43.1 Å². The van der Waals surface area contributed by atoms with Crippen LogP contribution >= 0.6 is 0 Å². The molecule has 0 aromatic heterocycles. The molecule has 0 spiro atoms. The Bertz CT molecular complexity index is 1190. The van der Waals surface area contributed by atoms with Gasteiger partial charge in [0.25, 0.3) is 0 Å². The van der Waals surface area contributed by atoms with Crippen LogP contribution in [0.2, 0.25) is 0 Å². The van der Waals surface area contributed by atoms with Crippen molar-refractivity contribution in [1.82, 2.24) is 0 Å². The largest absolute Gasteiger partial charge is 0.328 e. The highest BCUT2D eigenvalue weighted by molar-refractivity contribution is 6.08. The van der Waals surface area contributed by atoms with Gasteiger partial charge in [-0.1, -0.05) is 48.5 Å². The number of Topliss-reactive ketones (excluding diaryl/α,β-unsaturated/α-hetero) is 1. The Kier molecular flexibility index (Phi) is 4.94. The zero-order chi connectivity index (χ0) is 20.5. The summed E-state index contributed by atoms with van der Waals surface area (Å²) in [5.74, 6) is 0.381. The van der Waals surface area contributed by atoms with E-state index in [9.17, 15) is 4.79 Å². The molecule has 1 aliphatic rings. The molecule has 148 valence electrons. The predicted octanol–water partition coefficient (Wildman–Crippen LogP) is 6.76. The minimum atomic E-state index is 0.299. The third-order valence-electron chi connectivity index (χ3n) is 6.11. The fourth-order valence-electron chi connectivity index (χ4n) is 4.35. The van der Waals surface area contributed by atoms with Gasteiger partial charge in [-0.25, -0.2) is 0 Å². The summed E-state index contributed by atoms with van der Waals surface area (Å²) in [6.45, 7) is 0. The number of hydrogen-bond acceptors (Lipinski definition) is 2. The standard InChI is InChI=1S/C22H14.C6H11NO/c1-2-6-16-10-20-14-22-12-18-8-4-3-7-17(18)11-21(22)13-19(20)9-15(16)5-1;7-5-1-3-6(8)4-2-5/h1-14H;5H,1-4,7H2. The third kappa shape index (κ3) is 3.79. The van der Waals surface area contributed by atoms with E-state index in [1.54, 1.807) is 0 Å². The van der Waals surface area contributed by atoms with Gasteiger partial charge in [0.2, 0.25) is 0 Å². The van der Waals surface area contributed by atoms with Crippen molar-refractivity contribution in [3.8, 4) is 0 Å². The van der Waals surface area contributed by atoms with E-state index in [1.807, 2.05) is 0 Å². The molecule has 0 radical (unpaired) electrons. The molecule has 0 heterocycles. The molecule has 1 aliphatic carbocycles. The SMILES string of the molecule is NC1CCC(=O)CC1.c1ccc2cc3cc4cc5ccccc5cc4cc3cc2c1. The van der Waals surface area contributed by atoms with Crippen LogP contribution in [0.1, 0.15) is 25.7 Å². The molecule has 0 aliphatic heterocycles. The first-order valence-corrected chi connectivity index (χ1v) is 10.7. The van der Waals surface area contributed by atoms with Crippen molar-refractivity contribution in [2.24, 2.45) is 5.73 Å². The molecule has 2 heteroatoms. The summed E-state index contributed by atoms with van der Waals surface area (Å²) in [5, 5.41) is 10.4. The minimum Gasteiger partial charge on any atom is -0.328 e. The summed E-state index contributed by atoms with van der Waals surface area (Å²) >= 11 is 0. The van der Waals surface area contributed by atoms with Crippen LogP contribution < -0.4 is 5.73 Å². The second kappa shape index (κ2) is 7.89.